The lowest BCUT2D eigenvalue weighted by molar-refractivity contribution is 0.100. The van der Waals surface area contributed by atoms with Gasteiger partial charge in [-0.2, -0.15) is 24.8 Å². The maximum absolute atomic E-state index is 14.1. The van der Waals surface area contributed by atoms with Gasteiger partial charge in [-0.05, 0) is 204 Å². The van der Waals surface area contributed by atoms with E-state index in [2.05, 4.69) is 120 Å². The first-order valence-electron chi connectivity index (χ1n) is 41.9. The number of carbonyl (C=O) groups excluding carboxylic acids is 5. The van der Waals surface area contributed by atoms with Crippen molar-refractivity contribution in [2.45, 2.75) is 92.9 Å². The van der Waals surface area contributed by atoms with Gasteiger partial charge in [-0.3, -0.25) is 38.0 Å². The van der Waals surface area contributed by atoms with Crippen molar-refractivity contribution < 1.29 is 54.7 Å². The van der Waals surface area contributed by atoms with Gasteiger partial charge in [0.2, 0.25) is 5.95 Å². The quantitative estimate of drug-likeness (QED) is 0.0292. The van der Waals surface area contributed by atoms with Crippen molar-refractivity contribution in [1.82, 2.24) is 44.1 Å². The predicted molar refractivity (Wildman–Crippen MR) is 503 cm³/mol. The summed E-state index contributed by atoms with van der Waals surface area (Å²) in [5, 5.41) is 29.2. The van der Waals surface area contributed by atoms with Gasteiger partial charge in [0, 0.05) is 131 Å². The standard InChI is InChI=1S/C24H23F2N3O.C21H15ClN2O.C21H17F2N3O.C21H18FN3O.C18H19F2N3O/c1-24(2,3)14-13-16-9-11-17(12-10-16)18-7-5-6-8-20(18)27-23(30)19-15-29(4)28-21(19)22(25)26;1-2-6-15-10-12-16(13-11-15)17-7-3-4-9-19(17)24-21(25)18-8-5-14-23-20(18)22;1-3-6-14-9-11-15(12-10-14)16-7-4-5-8-18(16)24-21(27)17-13-26(2)25-19(17)20(22)23;1-4-7-15-10-12-16(13-11-15)17-8-5-6-9-18(17)23-21(26)19-14(2)24-25(3)20(19)22;1-23-9-14(16(22-23)17(19)20)18(24)21-15-5-3-2-4-11(15)13-8-12(13)10-6-7-10/h5-12,15,22H,1-4H3,(H,27,30);3-5,7-14H,1H3,(H,24,25);4-5,7-13,20H,1-2H3,(H,24,27);5-6,8-13H,1-3H3,(H,23,26);2-5,9-10,12-13,17H,6-8H2,1H3,(H,21,24). The maximum atomic E-state index is 14.1. The smallest absolute Gasteiger partial charge is 0.282 e. The van der Waals surface area contributed by atoms with Crippen molar-refractivity contribution in [1.29, 1.82) is 0 Å². The SMILES string of the molecule is CC#Cc1ccc(-c2ccccc2NC(=O)c2c(C)nn(C)c2F)cc1.CC#Cc1ccc(-c2ccccc2NC(=O)c2cccnc2Cl)cc1.CC#Cc1ccc(-c2ccccc2NC(=O)c2cn(C)nc2C(F)F)cc1.Cn1cc(C(=O)Nc2ccccc2-c2ccc(C#CC(C)(C)C)cc2)c(C(F)F)n1.Cn1cc(C(=O)Nc2ccccc2C2CC2C2CC2)c(C(F)F)n1. The first-order valence-corrected chi connectivity index (χ1v) is 42.2. The molecule has 5 N–H and O–H groups in total. The number of hydrogen-bond donors (Lipinski definition) is 5. The van der Waals surface area contributed by atoms with Crippen LogP contribution in [-0.4, -0.2) is 73.6 Å². The van der Waals surface area contributed by atoms with Crippen LogP contribution in [0.5, 0.6) is 0 Å². The topological polar surface area (TPSA) is 230 Å². The molecule has 5 aromatic heterocycles. The second kappa shape index (κ2) is 43.9. The van der Waals surface area contributed by atoms with E-state index in [9.17, 15) is 54.7 Å². The molecule has 16 rings (SSSR count). The number of alkyl halides is 6. The number of hydrogen-bond acceptors (Lipinski definition) is 10. The molecule has 668 valence electrons. The molecule has 19 nitrogen and oxygen atoms in total. The van der Waals surface area contributed by atoms with Crippen LogP contribution in [0.1, 0.15) is 188 Å². The molecule has 0 radical (unpaired) electrons. The van der Waals surface area contributed by atoms with Crippen molar-refractivity contribution in [2.24, 2.45) is 45.4 Å². The summed E-state index contributed by atoms with van der Waals surface area (Å²) in [4.78, 5) is 66.7. The first kappa shape index (κ1) is 95.5. The Labute approximate surface area is 765 Å². The second-order valence-corrected chi connectivity index (χ2v) is 32.1. The molecule has 5 heterocycles. The average molecular weight is 1800 g/mol. The molecule has 2 fully saturated rings. The molecule has 2 atom stereocenters. The number of halogens is 8. The number of aryl methyl sites for hydroxylation is 5. The third-order valence-corrected chi connectivity index (χ3v) is 21.2. The Morgan fingerprint density at radius 1 is 0.409 bits per heavy atom. The van der Waals surface area contributed by atoms with E-state index in [1.165, 1.54) is 73.7 Å². The van der Waals surface area contributed by atoms with Gasteiger partial charge in [-0.15, -0.1) is 17.8 Å². The number of aromatic nitrogens is 9. The molecular formula is C105H92ClF7N14O5. The number of carbonyl (C=O) groups is 5. The van der Waals surface area contributed by atoms with Gasteiger partial charge in [0.1, 0.15) is 27.8 Å². The number of pyridine rings is 1. The Hall–Kier alpha value is -15.6. The van der Waals surface area contributed by atoms with E-state index in [1.807, 2.05) is 195 Å². The first-order chi connectivity index (χ1) is 63.4. The molecule has 2 unspecified atom stereocenters. The Morgan fingerprint density at radius 2 is 0.727 bits per heavy atom. The molecule has 0 bridgehead atoms. The lowest BCUT2D eigenvalue weighted by atomic mass is 9.97. The second-order valence-electron chi connectivity index (χ2n) is 31.7. The highest BCUT2D eigenvalue weighted by molar-refractivity contribution is 6.33. The van der Waals surface area contributed by atoms with Crippen LogP contribution in [0.3, 0.4) is 0 Å². The molecule has 0 saturated heterocycles. The van der Waals surface area contributed by atoms with Crippen molar-refractivity contribution in [3.63, 3.8) is 0 Å². The molecule has 14 aromatic rings. The molecule has 2 aliphatic carbocycles. The fourth-order valence-electron chi connectivity index (χ4n) is 14.5. The Balaban J connectivity index is 0.000000149. The van der Waals surface area contributed by atoms with Crippen LogP contribution in [0.25, 0.3) is 44.5 Å². The third-order valence-electron chi connectivity index (χ3n) is 20.9. The van der Waals surface area contributed by atoms with Crippen molar-refractivity contribution in [2.75, 3.05) is 26.6 Å². The number of anilines is 5. The minimum absolute atomic E-state index is 0.0455. The van der Waals surface area contributed by atoms with E-state index >= 15 is 0 Å². The monoisotopic (exact) mass is 1800 g/mol. The highest BCUT2D eigenvalue weighted by atomic mass is 35.5. The van der Waals surface area contributed by atoms with Gasteiger partial charge in [0.15, 0.2) is 0 Å². The summed E-state index contributed by atoms with van der Waals surface area (Å²) in [7, 11) is 5.99. The molecule has 2 saturated carbocycles. The van der Waals surface area contributed by atoms with Gasteiger partial charge in [0.05, 0.1) is 27.9 Å². The minimum atomic E-state index is -2.83. The summed E-state index contributed by atoms with van der Waals surface area (Å²) in [6.07, 6.45) is 0.819. The molecule has 9 aromatic carbocycles. The fraction of sp³-hybridized carbons (Fsp3) is 0.200. The summed E-state index contributed by atoms with van der Waals surface area (Å²) >= 11 is 6.00. The lowest BCUT2D eigenvalue weighted by Crippen LogP contribution is -2.15. The average Bonchev–Trinajstić information content (AvgIpc) is 1.60. The summed E-state index contributed by atoms with van der Waals surface area (Å²) in [6.45, 7) is 13.1. The molecule has 2 aliphatic rings. The Kier molecular flexibility index (Phi) is 31.8. The van der Waals surface area contributed by atoms with Crippen LogP contribution in [0.15, 0.2) is 255 Å². The lowest BCUT2D eigenvalue weighted by Gasteiger charge is -2.12. The molecule has 132 heavy (non-hydrogen) atoms. The van der Waals surface area contributed by atoms with Crippen molar-refractivity contribution >= 4 is 69.6 Å². The molecular weight excluding hydrogens is 1710 g/mol. The van der Waals surface area contributed by atoms with Crippen molar-refractivity contribution in [3.05, 3.63) is 345 Å². The maximum Gasteiger partial charge on any atom is 0.282 e. The minimum Gasteiger partial charge on any atom is -0.322 e. The van der Waals surface area contributed by atoms with Crippen molar-refractivity contribution in [3.8, 4) is 91.9 Å². The van der Waals surface area contributed by atoms with Crippen LogP contribution in [0, 0.1) is 77.5 Å². The van der Waals surface area contributed by atoms with Gasteiger partial charge in [-0.25, -0.2) is 36.0 Å². The summed E-state index contributed by atoms with van der Waals surface area (Å²) in [6, 6.07) is 71.4. The number of para-hydroxylation sites is 5. The van der Waals surface area contributed by atoms with Gasteiger partial charge < -0.3 is 26.6 Å². The highest BCUT2D eigenvalue weighted by Gasteiger charge is 2.49. The zero-order valence-electron chi connectivity index (χ0n) is 73.9. The van der Waals surface area contributed by atoms with E-state index in [0.717, 1.165) is 101 Å². The van der Waals surface area contributed by atoms with Crippen LogP contribution >= 0.6 is 11.6 Å². The number of nitrogens with one attached hydrogen (secondary N) is 5. The van der Waals surface area contributed by atoms with Crippen LogP contribution in [0.4, 0.5) is 59.2 Å². The molecule has 5 amide bonds. The summed E-state index contributed by atoms with van der Waals surface area (Å²) < 4.78 is 97.6. The predicted octanol–water partition coefficient (Wildman–Crippen LogP) is 23.6. The largest absolute Gasteiger partial charge is 0.322 e. The summed E-state index contributed by atoms with van der Waals surface area (Å²) in [5.74, 6) is 22.7. The van der Waals surface area contributed by atoms with Crippen LogP contribution in [-0.2, 0) is 28.2 Å². The number of amides is 5. The zero-order valence-corrected chi connectivity index (χ0v) is 74.7. The van der Waals surface area contributed by atoms with Gasteiger partial charge in [0.25, 0.3) is 48.8 Å². The van der Waals surface area contributed by atoms with E-state index in [1.54, 1.807) is 69.4 Å². The van der Waals surface area contributed by atoms with E-state index in [-0.39, 0.29) is 38.7 Å². The Bertz CT molecular complexity index is 6810. The normalized spacial score (nSPS) is 12.7. The van der Waals surface area contributed by atoms with Gasteiger partial charge in [-0.1, -0.05) is 181 Å². The zero-order chi connectivity index (χ0) is 94.5. The van der Waals surface area contributed by atoms with E-state index in [4.69, 9.17) is 11.6 Å². The molecule has 27 heteroatoms. The number of nitrogens with zero attached hydrogens (tertiary/aromatic N) is 9. The third kappa shape index (κ3) is 25.0. The van der Waals surface area contributed by atoms with E-state index < -0.39 is 65.9 Å². The fourth-order valence-corrected chi connectivity index (χ4v) is 14.7. The molecule has 0 spiro atoms. The highest BCUT2D eigenvalue weighted by Crippen LogP contribution is 2.60. The van der Waals surface area contributed by atoms with Crippen LogP contribution < -0.4 is 26.6 Å². The number of benzene rings is 9. The number of rotatable bonds is 19. The van der Waals surface area contributed by atoms with Gasteiger partial charge >= 0.3 is 0 Å². The van der Waals surface area contributed by atoms with E-state index in [0.29, 0.717) is 39.9 Å². The molecule has 0 aliphatic heterocycles. The van der Waals surface area contributed by atoms with Crippen LogP contribution in [0.2, 0.25) is 5.15 Å². The summed E-state index contributed by atoms with van der Waals surface area (Å²) in [5.41, 5.74) is 13.6. The Morgan fingerprint density at radius 3 is 1.05 bits per heavy atom.